The van der Waals surface area contributed by atoms with Gasteiger partial charge in [0.05, 0.1) is 5.69 Å². The number of nitrogens with one attached hydrogen (secondary N) is 1. The molecule has 1 aromatic rings. The summed E-state index contributed by atoms with van der Waals surface area (Å²) >= 11 is 0. The van der Waals surface area contributed by atoms with Crippen LogP contribution in [0.5, 0.6) is 0 Å². The lowest BCUT2D eigenvalue weighted by molar-refractivity contribution is 0.195. The number of piperazine rings is 1. The van der Waals surface area contributed by atoms with Crippen LogP contribution in [0, 0.1) is 11.6 Å². The number of hydrogen-bond acceptors (Lipinski definition) is 2. The topological polar surface area (TPSA) is 15.3 Å². The Morgan fingerprint density at radius 2 is 2.00 bits per heavy atom. The Morgan fingerprint density at radius 1 is 1.24 bits per heavy atom. The molecule has 1 aliphatic carbocycles. The summed E-state index contributed by atoms with van der Waals surface area (Å²) in [4.78, 5) is 2.10. The average molecular weight is 294 g/mol. The molecule has 1 atom stereocenters. The molecule has 116 valence electrons. The average Bonchev–Trinajstić information content (AvgIpc) is 2.50. The first-order valence-corrected chi connectivity index (χ1v) is 8.10. The molecule has 1 heterocycles. The summed E-state index contributed by atoms with van der Waals surface area (Å²) in [6.07, 6.45) is 6.94. The summed E-state index contributed by atoms with van der Waals surface area (Å²) in [6, 6.07) is 4.01. The molecule has 1 spiro atoms. The van der Waals surface area contributed by atoms with Gasteiger partial charge in [0.25, 0.3) is 0 Å². The highest BCUT2D eigenvalue weighted by Crippen LogP contribution is 2.35. The maximum absolute atomic E-state index is 14.2. The second-order valence-electron chi connectivity index (χ2n) is 6.51. The summed E-state index contributed by atoms with van der Waals surface area (Å²) in [5.41, 5.74) is 0.510. The predicted molar refractivity (Wildman–Crippen MR) is 81.6 cm³/mol. The van der Waals surface area contributed by atoms with Crippen molar-refractivity contribution in [3.8, 4) is 0 Å². The maximum atomic E-state index is 14.2. The van der Waals surface area contributed by atoms with E-state index in [1.54, 1.807) is 0 Å². The molecule has 1 unspecified atom stereocenters. The van der Waals surface area contributed by atoms with E-state index in [-0.39, 0.29) is 23.2 Å². The van der Waals surface area contributed by atoms with Gasteiger partial charge in [-0.05, 0) is 31.4 Å². The Kier molecular flexibility index (Phi) is 4.16. The van der Waals surface area contributed by atoms with Gasteiger partial charge in [0.2, 0.25) is 0 Å². The first-order valence-electron chi connectivity index (χ1n) is 8.10. The van der Waals surface area contributed by atoms with E-state index in [9.17, 15) is 8.78 Å². The van der Waals surface area contributed by atoms with Gasteiger partial charge in [-0.3, -0.25) is 0 Å². The predicted octanol–water partition coefficient (Wildman–Crippen LogP) is 3.86. The lowest BCUT2D eigenvalue weighted by Crippen LogP contribution is -2.65. The molecule has 2 aliphatic rings. The van der Waals surface area contributed by atoms with Crippen molar-refractivity contribution < 1.29 is 8.78 Å². The van der Waals surface area contributed by atoms with Crippen molar-refractivity contribution in [3.05, 3.63) is 29.8 Å². The van der Waals surface area contributed by atoms with Crippen molar-refractivity contribution >= 4 is 5.69 Å². The molecule has 0 amide bonds. The van der Waals surface area contributed by atoms with Crippen molar-refractivity contribution in [3.63, 3.8) is 0 Å². The minimum atomic E-state index is -0.363. The zero-order chi connectivity index (χ0) is 14.9. The molecule has 2 fully saturated rings. The van der Waals surface area contributed by atoms with Crippen molar-refractivity contribution in [1.29, 1.82) is 0 Å². The summed E-state index contributed by atoms with van der Waals surface area (Å²) in [5.74, 6) is -0.680. The fourth-order valence-electron chi connectivity index (χ4n) is 3.87. The highest BCUT2D eigenvalue weighted by atomic mass is 19.1. The minimum absolute atomic E-state index is 0.0860. The fraction of sp³-hybridized carbons (Fsp3) is 0.647. The molecule has 3 rings (SSSR count). The Bertz CT molecular complexity index is 498. The normalized spacial score (nSPS) is 25.3. The van der Waals surface area contributed by atoms with Crippen LogP contribution in [0.4, 0.5) is 14.5 Å². The lowest BCUT2D eigenvalue weighted by Gasteiger charge is -2.50. The smallest absolute Gasteiger partial charge is 0.146 e. The van der Waals surface area contributed by atoms with Gasteiger partial charge in [-0.2, -0.15) is 0 Å². The van der Waals surface area contributed by atoms with Crippen LogP contribution in [-0.4, -0.2) is 24.7 Å². The Morgan fingerprint density at radius 3 is 2.71 bits per heavy atom. The van der Waals surface area contributed by atoms with E-state index in [1.165, 1.54) is 37.5 Å². The van der Waals surface area contributed by atoms with Crippen LogP contribution in [0.1, 0.15) is 45.4 Å². The Labute approximate surface area is 125 Å². The number of benzene rings is 1. The third-order valence-corrected chi connectivity index (χ3v) is 5.13. The van der Waals surface area contributed by atoms with Crippen LogP contribution in [-0.2, 0) is 0 Å². The minimum Gasteiger partial charge on any atom is -0.363 e. The van der Waals surface area contributed by atoms with E-state index in [2.05, 4.69) is 17.1 Å². The molecular formula is C17H24F2N2. The van der Waals surface area contributed by atoms with Gasteiger partial charge >= 0.3 is 0 Å². The van der Waals surface area contributed by atoms with Gasteiger partial charge in [-0.15, -0.1) is 0 Å². The van der Waals surface area contributed by atoms with Crippen molar-refractivity contribution in [2.24, 2.45) is 0 Å². The van der Waals surface area contributed by atoms with E-state index < -0.39 is 0 Å². The first-order chi connectivity index (χ1) is 10.1. The standard InChI is InChI=1S/C17H24F2N2/c1-2-14-11-20-17(8-4-3-5-9-17)12-21(14)16-10-13(18)6-7-15(16)19/h6-7,10,14,20H,2-5,8-9,11-12H2,1H3. The Balaban J connectivity index is 1.90. The Hall–Kier alpha value is -1.16. The van der Waals surface area contributed by atoms with Gasteiger partial charge in [0, 0.05) is 30.7 Å². The van der Waals surface area contributed by atoms with Crippen molar-refractivity contribution in [1.82, 2.24) is 5.32 Å². The van der Waals surface area contributed by atoms with E-state index in [0.717, 1.165) is 32.4 Å². The third-order valence-electron chi connectivity index (χ3n) is 5.13. The quantitative estimate of drug-likeness (QED) is 0.891. The molecule has 1 aromatic carbocycles. The number of anilines is 1. The van der Waals surface area contributed by atoms with Crippen molar-refractivity contribution in [2.75, 3.05) is 18.0 Å². The highest BCUT2D eigenvalue weighted by molar-refractivity contribution is 5.50. The highest BCUT2D eigenvalue weighted by Gasteiger charge is 2.40. The first kappa shape index (κ1) is 14.8. The third kappa shape index (κ3) is 2.91. The lowest BCUT2D eigenvalue weighted by atomic mass is 9.79. The van der Waals surface area contributed by atoms with Crippen molar-refractivity contribution in [2.45, 2.75) is 57.0 Å². The van der Waals surface area contributed by atoms with Gasteiger partial charge in [0.1, 0.15) is 11.6 Å². The van der Waals surface area contributed by atoms with E-state index in [4.69, 9.17) is 0 Å². The van der Waals surface area contributed by atoms with E-state index >= 15 is 0 Å². The fourth-order valence-corrected chi connectivity index (χ4v) is 3.87. The molecule has 1 saturated heterocycles. The number of rotatable bonds is 2. The second kappa shape index (κ2) is 5.91. The van der Waals surface area contributed by atoms with Gasteiger partial charge in [-0.25, -0.2) is 8.78 Å². The molecule has 1 N–H and O–H groups in total. The molecule has 1 aliphatic heterocycles. The van der Waals surface area contributed by atoms with E-state index in [0.29, 0.717) is 5.69 Å². The molecule has 21 heavy (non-hydrogen) atoms. The monoisotopic (exact) mass is 294 g/mol. The molecule has 1 saturated carbocycles. The van der Waals surface area contributed by atoms with Gasteiger partial charge in [0.15, 0.2) is 0 Å². The van der Waals surface area contributed by atoms with Crippen LogP contribution in [0.25, 0.3) is 0 Å². The summed E-state index contributed by atoms with van der Waals surface area (Å²) < 4.78 is 27.7. The van der Waals surface area contributed by atoms with Gasteiger partial charge in [-0.1, -0.05) is 26.2 Å². The van der Waals surface area contributed by atoms with Crippen LogP contribution < -0.4 is 10.2 Å². The molecule has 0 bridgehead atoms. The molecule has 0 radical (unpaired) electrons. The maximum Gasteiger partial charge on any atom is 0.146 e. The van der Waals surface area contributed by atoms with Crippen LogP contribution in [0.15, 0.2) is 18.2 Å². The summed E-state index contributed by atoms with van der Waals surface area (Å²) in [7, 11) is 0. The van der Waals surface area contributed by atoms with Crippen LogP contribution in [0.2, 0.25) is 0 Å². The summed E-state index contributed by atoms with van der Waals surface area (Å²) in [6.45, 7) is 3.74. The van der Waals surface area contributed by atoms with Crippen LogP contribution >= 0.6 is 0 Å². The number of nitrogens with zero attached hydrogens (tertiary/aromatic N) is 1. The SMILES string of the molecule is CCC1CNC2(CCCCC2)CN1c1cc(F)ccc1F. The molecular weight excluding hydrogens is 270 g/mol. The molecule has 4 heteroatoms. The second-order valence-corrected chi connectivity index (χ2v) is 6.51. The molecule has 2 nitrogen and oxygen atoms in total. The summed E-state index contributed by atoms with van der Waals surface area (Å²) in [5, 5.41) is 3.71. The number of hydrogen-bond donors (Lipinski definition) is 1. The van der Waals surface area contributed by atoms with E-state index in [1.807, 2.05) is 0 Å². The van der Waals surface area contributed by atoms with Crippen LogP contribution in [0.3, 0.4) is 0 Å². The largest absolute Gasteiger partial charge is 0.363 e. The zero-order valence-electron chi connectivity index (χ0n) is 12.7. The zero-order valence-corrected chi connectivity index (χ0v) is 12.7. The molecule has 0 aromatic heterocycles. The van der Waals surface area contributed by atoms with Gasteiger partial charge < -0.3 is 10.2 Å². The number of halogens is 2.